The van der Waals surface area contributed by atoms with Gasteiger partial charge >= 0.3 is 6.03 Å². The number of piperidine rings is 1. The molecule has 7 nitrogen and oxygen atoms in total. The Balaban J connectivity index is 1.12. The number of urea groups is 1. The minimum Gasteiger partial charge on any atom is -0.493 e. The van der Waals surface area contributed by atoms with E-state index in [1.807, 2.05) is 24.3 Å². The summed E-state index contributed by atoms with van der Waals surface area (Å²) < 4.78 is 25.6. The first kappa shape index (κ1) is 29.1. The fraction of sp³-hybridized carbons (Fsp3) is 0.294. The number of amides is 2. The molecule has 0 saturated carbocycles. The van der Waals surface area contributed by atoms with Crippen LogP contribution in [0, 0.1) is 5.82 Å². The second-order valence-corrected chi connectivity index (χ2v) is 10.3. The van der Waals surface area contributed by atoms with Gasteiger partial charge in [-0.25, -0.2) is 9.18 Å². The zero-order chi connectivity index (χ0) is 29.0. The molecule has 8 heteroatoms. The maximum Gasteiger partial charge on any atom is 0.319 e. The molecule has 2 N–H and O–H groups in total. The number of benzene rings is 3. The van der Waals surface area contributed by atoms with Crippen molar-refractivity contribution in [3.8, 4) is 22.6 Å². The van der Waals surface area contributed by atoms with Gasteiger partial charge in [0.1, 0.15) is 23.9 Å². The van der Waals surface area contributed by atoms with Crippen LogP contribution in [0.5, 0.6) is 11.5 Å². The number of carbonyl (C=O) groups is 1. The molecule has 0 aliphatic carbocycles. The van der Waals surface area contributed by atoms with Gasteiger partial charge in [0.05, 0.1) is 12.8 Å². The summed E-state index contributed by atoms with van der Waals surface area (Å²) in [5.41, 5.74) is 4.63. The summed E-state index contributed by atoms with van der Waals surface area (Å²) in [4.78, 5) is 18.5. The van der Waals surface area contributed by atoms with Crippen LogP contribution in [0.1, 0.15) is 30.4 Å². The van der Waals surface area contributed by atoms with Crippen molar-refractivity contribution in [2.45, 2.75) is 32.2 Å². The SMILES string of the molecule is O=C(NCc1cncc(F)c1)Nc1ccc(OCCc2ccccc2-c2ccccc2OCCN2CCCCC2)cc1. The first-order valence-corrected chi connectivity index (χ1v) is 14.5. The molecule has 1 aliphatic rings. The van der Waals surface area contributed by atoms with Crippen molar-refractivity contribution in [1.29, 1.82) is 0 Å². The number of hydrogen-bond donors (Lipinski definition) is 2. The number of carbonyl (C=O) groups excluding carboxylic acids is 1. The van der Waals surface area contributed by atoms with Gasteiger partial charge in [-0.05, 0) is 79.0 Å². The number of halogens is 1. The summed E-state index contributed by atoms with van der Waals surface area (Å²) in [5, 5.41) is 5.46. The minimum atomic E-state index is -0.439. The van der Waals surface area contributed by atoms with Crippen molar-refractivity contribution in [3.63, 3.8) is 0 Å². The van der Waals surface area contributed by atoms with Crippen molar-refractivity contribution in [3.05, 3.63) is 108 Å². The van der Waals surface area contributed by atoms with Crippen LogP contribution in [-0.4, -0.2) is 48.8 Å². The molecule has 5 rings (SSSR count). The number of para-hydroxylation sites is 1. The molecule has 2 amide bonds. The third-order valence-corrected chi connectivity index (χ3v) is 7.28. The average molecular weight is 569 g/mol. The van der Waals surface area contributed by atoms with Gasteiger partial charge in [0, 0.05) is 37.0 Å². The highest BCUT2D eigenvalue weighted by Gasteiger charge is 2.13. The number of hydrogen-bond acceptors (Lipinski definition) is 5. The predicted octanol–water partition coefficient (Wildman–Crippen LogP) is 6.70. The second-order valence-electron chi connectivity index (χ2n) is 10.3. The molecule has 4 aromatic rings. The first-order valence-electron chi connectivity index (χ1n) is 14.5. The van der Waals surface area contributed by atoms with E-state index >= 15 is 0 Å². The monoisotopic (exact) mass is 568 g/mol. The number of likely N-dealkylation sites (tertiary alicyclic amines) is 1. The van der Waals surface area contributed by atoms with E-state index < -0.39 is 5.82 Å². The zero-order valence-electron chi connectivity index (χ0n) is 23.7. The summed E-state index contributed by atoms with van der Waals surface area (Å²) in [5.74, 6) is 1.18. The molecule has 2 heterocycles. The Morgan fingerprint density at radius 3 is 2.43 bits per heavy atom. The van der Waals surface area contributed by atoms with Crippen molar-refractivity contribution in [2.24, 2.45) is 0 Å². The van der Waals surface area contributed by atoms with Gasteiger partial charge in [-0.2, -0.15) is 0 Å². The third-order valence-electron chi connectivity index (χ3n) is 7.28. The standard InChI is InChI=1S/C34H37FN4O3/c35-28-22-26(23-36-25-28)24-37-34(40)38-29-12-14-30(15-13-29)41-20-16-27-8-2-3-9-31(27)32-10-4-5-11-33(32)42-21-19-39-17-6-1-7-18-39/h2-5,8-15,22-23,25H,1,6-7,16-21,24H2,(H2,37,38,40). The van der Waals surface area contributed by atoms with Gasteiger partial charge in [0.2, 0.25) is 0 Å². The molecule has 0 bridgehead atoms. The highest BCUT2D eigenvalue weighted by molar-refractivity contribution is 5.89. The number of aromatic nitrogens is 1. The Hall–Kier alpha value is -4.43. The quantitative estimate of drug-likeness (QED) is 0.199. The topological polar surface area (TPSA) is 75.7 Å². The van der Waals surface area contributed by atoms with Gasteiger partial charge in [0.25, 0.3) is 0 Å². The fourth-order valence-corrected chi connectivity index (χ4v) is 5.11. The van der Waals surface area contributed by atoms with Crippen LogP contribution in [0.4, 0.5) is 14.9 Å². The highest BCUT2D eigenvalue weighted by Crippen LogP contribution is 2.32. The number of pyridine rings is 1. The summed E-state index contributed by atoms with van der Waals surface area (Å²) in [6, 6.07) is 24.8. The van der Waals surface area contributed by atoms with Gasteiger partial charge in [0.15, 0.2) is 0 Å². The molecule has 0 atom stereocenters. The average Bonchev–Trinajstić information content (AvgIpc) is 3.02. The van der Waals surface area contributed by atoms with E-state index in [2.05, 4.69) is 56.9 Å². The Bertz CT molecular complexity index is 1440. The number of nitrogens with one attached hydrogen (secondary N) is 2. The lowest BCUT2D eigenvalue weighted by molar-refractivity contribution is 0.183. The lowest BCUT2D eigenvalue weighted by atomic mass is 9.97. The zero-order valence-corrected chi connectivity index (χ0v) is 23.7. The van der Waals surface area contributed by atoms with Crippen molar-refractivity contribution >= 4 is 11.7 Å². The molecule has 3 aromatic carbocycles. The maximum absolute atomic E-state index is 13.3. The van der Waals surface area contributed by atoms with Crippen molar-refractivity contribution in [1.82, 2.24) is 15.2 Å². The lowest BCUT2D eigenvalue weighted by Gasteiger charge is -2.26. The van der Waals surface area contributed by atoms with E-state index in [1.165, 1.54) is 50.2 Å². The number of ether oxygens (including phenoxy) is 2. The molecule has 42 heavy (non-hydrogen) atoms. The van der Waals surface area contributed by atoms with Gasteiger partial charge in [-0.1, -0.05) is 48.9 Å². The van der Waals surface area contributed by atoms with Crippen molar-refractivity contribution in [2.75, 3.05) is 38.2 Å². The maximum atomic E-state index is 13.3. The normalized spacial score (nSPS) is 13.4. The predicted molar refractivity (Wildman–Crippen MR) is 163 cm³/mol. The van der Waals surface area contributed by atoms with E-state index in [4.69, 9.17) is 9.47 Å². The molecule has 0 spiro atoms. The Morgan fingerprint density at radius 2 is 1.62 bits per heavy atom. The number of nitrogens with zero attached hydrogens (tertiary/aromatic N) is 2. The van der Waals surface area contributed by atoms with Crippen LogP contribution in [0.15, 0.2) is 91.3 Å². The molecule has 1 fully saturated rings. The first-order chi connectivity index (χ1) is 20.6. The van der Waals surface area contributed by atoms with Crippen LogP contribution in [0.3, 0.4) is 0 Å². The van der Waals surface area contributed by atoms with E-state index in [-0.39, 0.29) is 12.6 Å². The van der Waals surface area contributed by atoms with Crippen LogP contribution >= 0.6 is 0 Å². The van der Waals surface area contributed by atoms with E-state index in [0.29, 0.717) is 30.2 Å². The van der Waals surface area contributed by atoms with Crippen LogP contribution < -0.4 is 20.1 Å². The largest absolute Gasteiger partial charge is 0.493 e. The minimum absolute atomic E-state index is 0.175. The molecule has 218 valence electrons. The fourth-order valence-electron chi connectivity index (χ4n) is 5.11. The smallest absolute Gasteiger partial charge is 0.319 e. The Morgan fingerprint density at radius 1 is 0.857 bits per heavy atom. The van der Waals surface area contributed by atoms with Crippen molar-refractivity contribution < 1.29 is 18.7 Å². The Labute approximate surface area is 246 Å². The van der Waals surface area contributed by atoms with Crippen LogP contribution in [-0.2, 0) is 13.0 Å². The van der Waals surface area contributed by atoms with E-state index in [0.717, 1.165) is 36.0 Å². The molecule has 1 saturated heterocycles. The second kappa shape index (κ2) is 15.0. The molecule has 1 aliphatic heterocycles. The van der Waals surface area contributed by atoms with Gasteiger partial charge in [-0.3, -0.25) is 9.88 Å². The van der Waals surface area contributed by atoms with Gasteiger partial charge < -0.3 is 20.1 Å². The van der Waals surface area contributed by atoms with Gasteiger partial charge in [-0.15, -0.1) is 0 Å². The number of anilines is 1. The Kier molecular flexibility index (Phi) is 10.4. The third kappa shape index (κ3) is 8.54. The highest BCUT2D eigenvalue weighted by atomic mass is 19.1. The molecular weight excluding hydrogens is 531 g/mol. The summed E-state index contributed by atoms with van der Waals surface area (Å²) in [7, 11) is 0. The molecule has 1 aromatic heterocycles. The molecule has 0 radical (unpaired) electrons. The van der Waals surface area contributed by atoms with Crippen LogP contribution in [0.2, 0.25) is 0 Å². The van der Waals surface area contributed by atoms with E-state index in [9.17, 15) is 9.18 Å². The van der Waals surface area contributed by atoms with E-state index in [1.54, 1.807) is 12.1 Å². The summed E-state index contributed by atoms with van der Waals surface area (Å²) in [6.45, 7) is 4.64. The summed E-state index contributed by atoms with van der Waals surface area (Å²) >= 11 is 0. The lowest BCUT2D eigenvalue weighted by Crippen LogP contribution is -2.33. The summed E-state index contributed by atoms with van der Waals surface area (Å²) in [6.07, 6.45) is 7.26. The molecule has 0 unspecified atom stereocenters. The van der Waals surface area contributed by atoms with Crippen LogP contribution in [0.25, 0.3) is 11.1 Å². The molecular formula is C34H37FN4O3. The number of rotatable bonds is 12.